The van der Waals surface area contributed by atoms with E-state index in [4.69, 9.17) is 0 Å². The Morgan fingerprint density at radius 1 is 1.07 bits per heavy atom. The van der Waals surface area contributed by atoms with E-state index in [2.05, 4.69) is 4.98 Å². The topological polar surface area (TPSA) is 96.3 Å². The van der Waals surface area contributed by atoms with Crippen LogP contribution in [-0.2, 0) is 6.54 Å². The lowest BCUT2D eigenvalue weighted by Gasteiger charge is -2.35. The number of fused-ring (bicyclic) bond motifs is 1. The molecule has 3 aromatic rings. The molecule has 7 heteroatoms. The number of amides is 1. The van der Waals surface area contributed by atoms with Crippen LogP contribution in [0.3, 0.4) is 0 Å². The summed E-state index contributed by atoms with van der Waals surface area (Å²) in [5.41, 5.74) is 1.72. The molecule has 0 aliphatic heterocycles. The molecule has 0 spiro atoms. The number of nitro benzene ring substituents is 1. The van der Waals surface area contributed by atoms with Crippen LogP contribution in [0.5, 0.6) is 0 Å². The average molecular weight is 405 g/mol. The minimum absolute atomic E-state index is 0.0450. The molecule has 1 amide bonds. The van der Waals surface area contributed by atoms with E-state index in [0.29, 0.717) is 12.1 Å². The number of H-pyrrole nitrogens is 1. The van der Waals surface area contributed by atoms with Gasteiger partial charge in [0.2, 0.25) is 5.56 Å². The molecule has 30 heavy (non-hydrogen) atoms. The summed E-state index contributed by atoms with van der Waals surface area (Å²) in [6.45, 7) is 0.324. The zero-order chi connectivity index (χ0) is 21.1. The SMILES string of the molecule is O=C(c1ccc([N+](=O)[O-])cc1)N(Cc1cc(=O)[nH]c2ccccc12)C1CCCCC1. The number of pyridine rings is 1. The summed E-state index contributed by atoms with van der Waals surface area (Å²) >= 11 is 0. The summed E-state index contributed by atoms with van der Waals surface area (Å²) in [7, 11) is 0. The fourth-order valence-electron chi connectivity index (χ4n) is 4.24. The van der Waals surface area contributed by atoms with Gasteiger partial charge in [-0.3, -0.25) is 19.7 Å². The maximum absolute atomic E-state index is 13.4. The van der Waals surface area contributed by atoms with Crippen LogP contribution in [-0.4, -0.2) is 26.8 Å². The van der Waals surface area contributed by atoms with E-state index in [0.717, 1.165) is 48.6 Å². The van der Waals surface area contributed by atoms with E-state index in [1.165, 1.54) is 24.3 Å². The second kappa shape index (κ2) is 8.49. The number of hydrogen-bond acceptors (Lipinski definition) is 4. The number of carbonyl (C=O) groups excluding carboxylic acids is 1. The van der Waals surface area contributed by atoms with Crippen molar-refractivity contribution in [2.24, 2.45) is 0 Å². The van der Waals surface area contributed by atoms with Gasteiger partial charge in [-0.1, -0.05) is 37.5 Å². The van der Waals surface area contributed by atoms with Crippen molar-refractivity contribution in [3.63, 3.8) is 0 Å². The van der Waals surface area contributed by atoms with Crippen molar-refractivity contribution < 1.29 is 9.72 Å². The number of non-ortho nitro benzene ring substituents is 1. The Hall–Kier alpha value is -3.48. The van der Waals surface area contributed by atoms with Crippen LogP contribution in [0, 0.1) is 10.1 Å². The van der Waals surface area contributed by atoms with E-state index in [-0.39, 0.29) is 23.2 Å². The normalized spacial score (nSPS) is 14.5. The highest BCUT2D eigenvalue weighted by Crippen LogP contribution is 2.27. The summed E-state index contributed by atoms with van der Waals surface area (Å²) in [6, 6.07) is 14.9. The highest BCUT2D eigenvalue weighted by atomic mass is 16.6. The number of aromatic amines is 1. The molecule has 1 N–H and O–H groups in total. The van der Waals surface area contributed by atoms with Crippen molar-refractivity contribution in [2.45, 2.75) is 44.7 Å². The highest BCUT2D eigenvalue weighted by Gasteiger charge is 2.27. The predicted molar refractivity (Wildman–Crippen MR) is 114 cm³/mol. The molecule has 154 valence electrons. The number of para-hydroxylation sites is 1. The van der Waals surface area contributed by atoms with Gasteiger partial charge in [-0.15, -0.1) is 0 Å². The fraction of sp³-hybridized carbons (Fsp3) is 0.304. The minimum Gasteiger partial charge on any atom is -0.331 e. The molecule has 0 unspecified atom stereocenters. The average Bonchev–Trinajstić information content (AvgIpc) is 2.77. The molecule has 1 saturated carbocycles. The van der Waals surface area contributed by atoms with Gasteiger partial charge >= 0.3 is 0 Å². The molecule has 4 rings (SSSR count). The number of aromatic nitrogens is 1. The molecule has 1 heterocycles. The summed E-state index contributed by atoms with van der Waals surface area (Å²) in [6.07, 6.45) is 5.11. The third-order valence-corrected chi connectivity index (χ3v) is 5.78. The lowest BCUT2D eigenvalue weighted by atomic mass is 9.93. The van der Waals surface area contributed by atoms with E-state index in [1.54, 1.807) is 6.07 Å². The van der Waals surface area contributed by atoms with Crippen LogP contribution in [0.25, 0.3) is 10.9 Å². The van der Waals surface area contributed by atoms with Gasteiger partial charge in [0.15, 0.2) is 0 Å². The molecule has 7 nitrogen and oxygen atoms in total. The Labute approximate surface area is 173 Å². The van der Waals surface area contributed by atoms with E-state index in [1.807, 2.05) is 29.2 Å². The monoisotopic (exact) mass is 405 g/mol. The molecule has 0 radical (unpaired) electrons. The van der Waals surface area contributed by atoms with Gasteiger partial charge < -0.3 is 9.88 Å². The first kappa shape index (κ1) is 19.8. The summed E-state index contributed by atoms with van der Waals surface area (Å²) in [5.74, 6) is -0.166. The Balaban J connectivity index is 1.71. The molecule has 0 saturated heterocycles. The maximum Gasteiger partial charge on any atom is 0.269 e. The third kappa shape index (κ3) is 4.10. The van der Waals surface area contributed by atoms with Crippen molar-refractivity contribution in [3.8, 4) is 0 Å². The van der Waals surface area contributed by atoms with Crippen molar-refractivity contribution in [3.05, 3.63) is 86.2 Å². The second-order valence-electron chi connectivity index (χ2n) is 7.73. The standard InChI is InChI=1S/C23H23N3O4/c27-22-14-17(20-8-4-5-9-21(20)24-22)15-25(18-6-2-1-3-7-18)23(28)16-10-12-19(13-11-16)26(29)30/h4-5,8-14,18H,1-3,6-7,15H2,(H,24,27). The molecular formula is C23H23N3O4. The number of benzene rings is 2. The van der Waals surface area contributed by atoms with E-state index >= 15 is 0 Å². The summed E-state index contributed by atoms with van der Waals surface area (Å²) < 4.78 is 0. The number of hydrogen-bond donors (Lipinski definition) is 1. The largest absolute Gasteiger partial charge is 0.331 e. The van der Waals surface area contributed by atoms with Gasteiger partial charge in [-0.25, -0.2) is 0 Å². The van der Waals surface area contributed by atoms with Gasteiger partial charge in [0.05, 0.1) is 4.92 Å². The number of nitrogens with zero attached hydrogens (tertiary/aromatic N) is 2. The first-order valence-electron chi connectivity index (χ1n) is 10.2. The second-order valence-corrected chi connectivity index (χ2v) is 7.73. The molecule has 1 fully saturated rings. The summed E-state index contributed by atoms with van der Waals surface area (Å²) in [4.78, 5) is 40.7. The zero-order valence-corrected chi connectivity index (χ0v) is 16.5. The Bertz CT molecular complexity index is 1130. The maximum atomic E-state index is 13.4. The zero-order valence-electron chi connectivity index (χ0n) is 16.5. The number of nitro groups is 1. The van der Waals surface area contributed by atoms with E-state index in [9.17, 15) is 19.7 Å². The lowest BCUT2D eigenvalue weighted by molar-refractivity contribution is -0.384. The number of rotatable bonds is 5. The van der Waals surface area contributed by atoms with Crippen LogP contribution >= 0.6 is 0 Å². The predicted octanol–water partition coefficient (Wildman–Crippen LogP) is 4.41. The van der Waals surface area contributed by atoms with Crippen LogP contribution in [0.2, 0.25) is 0 Å². The smallest absolute Gasteiger partial charge is 0.269 e. The Morgan fingerprint density at radius 2 is 1.77 bits per heavy atom. The van der Waals surface area contributed by atoms with Gasteiger partial charge in [0.1, 0.15) is 0 Å². The first-order chi connectivity index (χ1) is 14.5. The minimum atomic E-state index is -0.477. The number of carbonyl (C=O) groups is 1. The molecule has 1 aliphatic rings. The fourth-order valence-corrected chi connectivity index (χ4v) is 4.24. The molecule has 1 aliphatic carbocycles. The Kier molecular flexibility index (Phi) is 5.61. The molecular weight excluding hydrogens is 382 g/mol. The van der Waals surface area contributed by atoms with Gasteiger partial charge in [-0.05, 0) is 36.6 Å². The number of nitrogens with one attached hydrogen (secondary N) is 1. The van der Waals surface area contributed by atoms with Crippen LogP contribution in [0.1, 0.15) is 48.0 Å². The van der Waals surface area contributed by atoms with Crippen LogP contribution < -0.4 is 5.56 Å². The van der Waals surface area contributed by atoms with Crippen LogP contribution in [0.15, 0.2) is 59.4 Å². The summed E-state index contributed by atoms with van der Waals surface area (Å²) in [5, 5.41) is 11.9. The van der Waals surface area contributed by atoms with Gasteiger partial charge in [-0.2, -0.15) is 0 Å². The van der Waals surface area contributed by atoms with Crippen molar-refractivity contribution in [1.82, 2.24) is 9.88 Å². The van der Waals surface area contributed by atoms with Gasteiger partial charge in [0.25, 0.3) is 11.6 Å². The van der Waals surface area contributed by atoms with Crippen molar-refractivity contribution in [2.75, 3.05) is 0 Å². The molecule has 2 aromatic carbocycles. The molecule has 0 bridgehead atoms. The molecule has 0 atom stereocenters. The lowest BCUT2D eigenvalue weighted by Crippen LogP contribution is -2.41. The quantitative estimate of drug-likeness (QED) is 0.502. The first-order valence-corrected chi connectivity index (χ1v) is 10.2. The van der Waals surface area contributed by atoms with Gasteiger partial charge in [0, 0.05) is 47.3 Å². The third-order valence-electron chi connectivity index (χ3n) is 5.78. The van der Waals surface area contributed by atoms with Crippen LogP contribution in [0.4, 0.5) is 5.69 Å². The Morgan fingerprint density at radius 3 is 2.47 bits per heavy atom. The van der Waals surface area contributed by atoms with Crippen molar-refractivity contribution in [1.29, 1.82) is 0 Å². The van der Waals surface area contributed by atoms with E-state index < -0.39 is 4.92 Å². The molecule has 1 aromatic heterocycles. The van der Waals surface area contributed by atoms with Crippen molar-refractivity contribution >= 4 is 22.5 Å². The highest BCUT2D eigenvalue weighted by molar-refractivity contribution is 5.95.